The number of nitrogen functional groups attached to an aromatic ring is 1. The third kappa shape index (κ3) is 3.65. The molecule has 1 heterocycles. The average molecular weight is 329 g/mol. The van der Waals surface area contributed by atoms with E-state index in [2.05, 4.69) is 4.98 Å². The number of carboxylic acids is 1. The molecule has 0 saturated carbocycles. The van der Waals surface area contributed by atoms with E-state index in [-0.39, 0.29) is 0 Å². The van der Waals surface area contributed by atoms with Crippen LogP contribution >= 0.6 is 11.8 Å². The second kappa shape index (κ2) is 6.75. The minimum atomic E-state index is -0.971. The molecule has 0 fully saturated rings. The molecule has 5 N–H and O–H groups in total. The lowest BCUT2D eigenvalue weighted by molar-refractivity contribution is -0.138. The first-order chi connectivity index (χ1) is 10.9. The number of rotatable bonds is 5. The van der Waals surface area contributed by atoms with Crippen molar-refractivity contribution in [2.45, 2.75) is 23.5 Å². The van der Waals surface area contributed by atoms with Crippen LogP contribution in [0, 0.1) is 0 Å². The zero-order chi connectivity index (χ0) is 17.0. The van der Waals surface area contributed by atoms with Crippen LogP contribution in [0.5, 0.6) is 0 Å². The van der Waals surface area contributed by atoms with Crippen LogP contribution in [0.3, 0.4) is 0 Å². The summed E-state index contributed by atoms with van der Waals surface area (Å²) < 4.78 is -0.971. The standard InChI is InChI=1S/C17H19N3O2S/c1-17(2,16(21)22)23-14-10-20-9-7-12(14)13-5-3-4-11(6-8-18)15(13)19/h3-10H,18-19H2,1-2H3,(H,21,22)/b8-6-. The van der Waals surface area contributed by atoms with Crippen molar-refractivity contribution in [3.8, 4) is 11.1 Å². The summed E-state index contributed by atoms with van der Waals surface area (Å²) in [5.74, 6) is -0.884. The van der Waals surface area contributed by atoms with E-state index in [1.165, 1.54) is 18.0 Å². The molecule has 0 aliphatic rings. The van der Waals surface area contributed by atoms with Gasteiger partial charge in [0.1, 0.15) is 4.75 Å². The van der Waals surface area contributed by atoms with Gasteiger partial charge in [-0.05, 0) is 37.8 Å². The monoisotopic (exact) mass is 329 g/mol. The summed E-state index contributed by atoms with van der Waals surface area (Å²) in [4.78, 5) is 16.3. The lowest BCUT2D eigenvalue weighted by atomic mass is 10.0. The number of benzene rings is 1. The third-order valence-electron chi connectivity index (χ3n) is 3.37. The summed E-state index contributed by atoms with van der Waals surface area (Å²) >= 11 is 1.24. The summed E-state index contributed by atoms with van der Waals surface area (Å²) in [6.45, 7) is 3.32. The molecule has 0 radical (unpaired) electrons. The second-order valence-corrected chi connectivity index (χ2v) is 7.12. The van der Waals surface area contributed by atoms with Gasteiger partial charge in [0.05, 0.1) is 0 Å². The number of nitrogens with zero attached hydrogens (tertiary/aromatic N) is 1. The van der Waals surface area contributed by atoms with Crippen LogP contribution in [0.4, 0.5) is 5.69 Å². The number of carbonyl (C=O) groups is 1. The first-order valence-corrected chi connectivity index (χ1v) is 7.82. The van der Waals surface area contributed by atoms with Gasteiger partial charge < -0.3 is 16.6 Å². The Labute approximate surface area is 139 Å². The predicted octanol–water partition coefficient (Wildman–Crippen LogP) is 3.22. The van der Waals surface area contributed by atoms with Crippen LogP contribution in [0.25, 0.3) is 17.2 Å². The van der Waals surface area contributed by atoms with Crippen molar-refractivity contribution in [2.75, 3.05) is 5.73 Å². The summed E-state index contributed by atoms with van der Waals surface area (Å²) in [5.41, 5.74) is 14.8. The number of thioether (sulfide) groups is 1. The number of carboxylic acid groups (broad SMARTS) is 1. The fraction of sp³-hybridized carbons (Fsp3) is 0.176. The van der Waals surface area contributed by atoms with Crippen LogP contribution in [-0.4, -0.2) is 20.8 Å². The van der Waals surface area contributed by atoms with Gasteiger partial charge >= 0.3 is 5.97 Å². The van der Waals surface area contributed by atoms with E-state index in [0.29, 0.717) is 5.69 Å². The van der Waals surface area contributed by atoms with Crippen molar-refractivity contribution in [3.63, 3.8) is 0 Å². The summed E-state index contributed by atoms with van der Waals surface area (Å²) in [6.07, 6.45) is 6.49. The van der Waals surface area contributed by atoms with Crippen molar-refractivity contribution in [3.05, 3.63) is 48.4 Å². The fourth-order valence-corrected chi connectivity index (χ4v) is 3.11. The van der Waals surface area contributed by atoms with Gasteiger partial charge in [-0.3, -0.25) is 9.78 Å². The van der Waals surface area contributed by atoms with Gasteiger partial charge in [-0.1, -0.05) is 18.2 Å². The Morgan fingerprint density at radius 1 is 1.30 bits per heavy atom. The van der Waals surface area contributed by atoms with E-state index in [9.17, 15) is 9.90 Å². The van der Waals surface area contributed by atoms with E-state index < -0.39 is 10.7 Å². The highest BCUT2D eigenvalue weighted by atomic mass is 32.2. The van der Waals surface area contributed by atoms with Crippen molar-refractivity contribution in [1.29, 1.82) is 0 Å². The van der Waals surface area contributed by atoms with Crippen molar-refractivity contribution >= 4 is 29.5 Å². The Morgan fingerprint density at radius 3 is 2.70 bits per heavy atom. The summed E-state index contributed by atoms with van der Waals surface area (Å²) in [5, 5.41) is 9.34. The Morgan fingerprint density at radius 2 is 2.04 bits per heavy atom. The molecule has 0 aliphatic heterocycles. The van der Waals surface area contributed by atoms with Crippen molar-refractivity contribution in [2.24, 2.45) is 5.73 Å². The topological polar surface area (TPSA) is 102 Å². The van der Waals surface area contributed by atoms with Gasteiger partial charge in [-0.25, -0.2) is 0 Å². The van der Waals surface area contributed by atoms with Gasteiger partial charge in [0.25, 0.3) is 0 Å². The number of nitrogens with two attached hydrogens (primary N) is 2. The number of aromatic nitrogens is 1. The van der Waals surface area contributed by atoms with Gasteiger partial charge in [0.2, 0.25) is 0 Å². The molecule has 0 bridgehead atoms. The number of hydrogen-bond acceptors (Lipinski definition) is 5. The number of aliphatic carboxylic acids is 1. The highest BCUT2D eigenvalue weighted by Crippen LogP contribution is 2.40. The van der Waals surface area contributed by atoms with E-state index in [1.54, 1.807) is 32.3 Å². The molecule has 2 aromatic rings. The van der Waals surface area contributed by atoms with Gasteiger partial charge in [0.15, 0.2) is 0 Å². The molecule has 23 heavy (non-hydrogen) atoms. The molecule has 0 unspecified atom stereocenters. The fourth-order valence-electron chi connectivity index (χ4n) is 2.07. The van der Waals surface area contributed by atoms with Gasteiger partial charge in [0, 0.05) is 34.1 Å². The molecule has 6 heteroatoms. The largest absolute Gasteiger partial charge is 0.480 e. The normalized spacial score (nSPS) is 11.7. The van der Waals surface area contributed by atoms with E-state index >= 15 is 0 Å². The molecule has 0 aliphatic carbocycles. The van der Waals surface area contributed by atoms with Crippen LogP contribution in [0.2, 0.25) is 0 Å². The highest BCUT2D eigenvalue weighted by molar-refractivity contribution is 8.01. The predicted molar refractivity (Wildman–Crippen MR) is 94.9 cm³/mol. The Bertz CT molecular complexity index is 757. The summed E-state index contributed by atoms with van der Waals surface area (Å²) in [6, 6.07) is 7.49. The molecule has 120 valence electrons. The zero-order valence-corrected chi connectivity index (χ0v) is 13.8. The molecule has 1 aromatic heterocycles. The maximum atomic E-state index is 11.4. The molecule has 1 aromatic carbocycles. The lowest BCUT2D eigenvalue weighted by Crippen LogP contribution is -2.27. The maximum Gasteiger partial charge on any atom is 0.319 e. The molecular weight excluding hydrogens is 310 g/mol. The highest BCUT2D eigenvalue weighted by Gasteiger charge is 2.29. The van der Waals surface area contributed by atoms with Crippen molar-refractivity contribution < 1.29 is 9.90 Å². The zero-order valence-electron chi connectivity index (χ0n) is 13.0. The molecule has 0 saturated heterocycles. The van der Waals surface area contributed by atoms with Crippen LogP contribution in [0.15, 0.2) is 47.8 Å². The second-order valence-electron chi connectivity index (χ2n) is 5.46. The molecule has 5 nitrogen and oxygen atoms in total. The quantitative estimate of drug-likeness (QED) is 0.575. The van der Waals surface area contributed by atoms with Crippen LogP contribution in [0.1, 0.15) is 19.4 Å². The van der Waals surface area contributed by atoms with E-state index in [4.69, 9.17) is 11.5 Å². The molecule has 0 atom stereocenters. The van der Waals surface area contributed by atoms with E-state index in [0.717, 1.165) is 21.6 Å². The molecular formula is C17H19N3O2S. The first kappa shape index (κ1) is 16.9. The van der Waals surface area contributed by atoms with Gasteiger partial charge in [-0.2, -0.15) is 0 Å². The molecule has 0 amide bonds. The Hall–Kier alpha value is -2.47. The molecule has 2 rings (SSSR count). The van der Waals surface area contributed by atoms with Crippen molar-refractivity contribution in [1.82, 2.24) is 4.98 Å². The average Bonchev–Trinajstić information content (AvgIpc) is 2.50. The number of hydrogen-bond donors (Lipinski definition) is 3. The first-order valence-electron chi connectivity index (χ1n) is 7.00. The van der Waals surface area contributed by atoms with E-state index in [1.807, 2.05) is 24.3 Å². The molecule has 0 spiro atoms. The lowest BCUT2D eigenvalue weighted by Gasteiger charge is -2.20. The number of anilines is 1. The van der Waals surface area contributed by atoms with Gasteiger partial charge in [-0.15, -0.1) is 11.8 Å². The minimum absolute atomic E-state index is 0.593. The Kier molecular flexibility index (Phi) is 4.95. The number of pyridine rings is 1. The van der Waals surface area contributed by atoms with Crippen LogP contribution < -0.4 is 11.5 Å². The Balaban J connectivity index is 2.54. The smallest absolute Gasteiger partial charge is 0.319 e. The third-order valence-corrected chi connectivity index (χ3v) is 4.60. The minimum Gasteiger partial charge on any atom is -0.480 e. The van der Waals surface area contributed by atoms with Crippen LogP contribution in [-0.2, 0) is 4.79 Å². The summed E-state index contributed by atoms with van der Waals surface area (Å²) in [7, 11) is 0. The number of para-hydroxylation sites is 1. The maximum absolute atomic E-state index is 11.4. The SMILES string of the molecule is CC(C)(Sc1cnccc1-c1cccc(/C=C\N)c1N)C(=O)O.